The van der Waals surface area contributed by atoms with Crippen LogP contribution >= 0.6 is 0 Å². The molecular weight excluding hydrogens is 338 g/mol. The number of rotatable bonds is 4. The average Bonchev–Trinajstić information content (AvgIpc) is 2.62. The topological polar surface area (TPSA) is 69.7 Å². The first kappa shape index (κ1) is 18.4. The van der Waals surface area contributed by atoms with Crippen LogP contribution in [0.15, 0.2) is 29.2 Å². The zero-order valence-electron chi connectivity index (χ0n) is 14.8. The van der Waals surface area contributed by atoms with Crippen LogP contribution in [0.2, 0.25) is 0 Å². The summed E-state index contributed by atoms with van der Waals surface area (Å²) in [6, 6.07) is 6.42. The highest BCUT2D eigenvalue weighted by molar-refractivity contribution is 7.89. The molecule has 1 N–H and O–H groups in total. The Morgan fingerprint density at radius 1 is 1.08 bits per heavy atom. The van der Waals surface area contributed by atoms with Crippen molar-refractivity contribution in [3.63, 3.8) is 0 Å². The first-order valence-electron chi connectivity index (χ1n) is 9.06. The van der Waals surface area contributed by atoms with Gasteiger partial charge in [-0.25, -0.2) is 13.1 Å². The molecule has 0 unspecified atom stereocenters. The molecule has 0 aromatic heterocycles. The number of amides is 1. The summed E-state index contributed by atoms with van der Waals surface area (Å²) in [4.78, 5) is 16.8. The maximum Gasteiger partial charge on any atom is 0.253 e. The summed E-state index contributed by atoms with van der Waals surface area (Å²) in [5.41, 5.74) is 0.441. The predicted molar refractivity (Wildman–Crippen MR) is 97.0 cm³/mol. The highest BCUT2D eigenvalue weighted by Crippen LogP contribution is 2.21. The Labute approximate surface area is 150 Å². The number of nitrogens with one attached hydrogen (secondary N) is 1. The molecule has 0 atom stereocenters. The fraction of sp³-hybridized carbons (Fsp3) is 0.611. The van der Waals surface area contributed by atoms with Gasteiger partial charge < -0.3 is 9.80 Å². The number of benzene rings is 1. The lowest BCUT2D eigenvalue weighted by molar-refractivity contribution is 0.0664. The Kier molecular flexibility index (Phi) is 5.76. The van der Waals surface area contributed by atoms with Crippen molar-refractivity contribution in [1.82, 2.24) is 14.5 Å². The van der Waals surface area contributed by atoms with Gasteiger partial charge in [0.1, 0.15) is 0 Å². The van der Waals surface area contributed by atoms with Crippen LogP contribution in [0.25, 0.3) is 0 Å². The number of hydrogen-bond donors (Lipinski definition) is 1. The van der Waals surface area contributed by atoms with Gasteiger partial charge in [0.15, 0.2) is 0 Å². The minimum atomic E-state index is -3.58. The monoisotopic (exact) mass is 365 g/mol. The quantitative estimate of drug-likeness (QED) is 0.881. The smallest absolute Gasteiger partial charge is 0.253 e. The molecule has 3 rings (SSSR count). The van der Waals surface area contributed by atoms with Crippen LogP contribution in [0, 0.1) is 0 Å². The van der Waals surface area contributed by atoms with Gasteiger partial charge in [0, 0.05) is 37.8 Å². The van der Waals surface area contributed by atoms with Crippen molar-refractivity contribution >= 4 is 15.9 Å². The Morgan fingerprint density at radius 3 is 2.44 bits per heavy atom. The summed E-state index contributed by atoms with van der Waals surface area (Å²) in [5.74, 6) is -0.0946. The lowest BCUT2D eigenvalue weighted by Gasteiger charge is -2.32. The van der Waals surface area contributed by atoms with Gasteiger partial charge in [-0.3, -0.25) is 4.79 Å². The van der Waals surface area contributed by atoms with Gasteiger partial charge in [0.2, 0.25) is 10.0 Å². The number of carbonyl (C=O) groups is 1. The Morgan fingerprint density at radius 2 is 1.76 bits per heavy atom. The average molecular weight is 365 g/mol. The van der Waals surface area contributed by atoms with E-state index in [4.69, 9.17) is 0 Å². The molecule has 1 aromatic carbocycles. The predicted octanol–water partition coefficient (Wildman–Crippen LogP) is 1.69. The summed E-state index contributed by atoms with van der Waals surface area (Å²) in [6.45, 7) is 3.03. The van der Waals surface area contributed by atoms with E-state index >= 15 is 0 Å². The van der Waals surface area contributed by atoms with E-state index < -0.39 is 10.0 Å². The van der Waals surface area contributed by atoms with Crippen LogP contribution in [0.3, 0.4) is 0 Å². The zero-order chi connectivity index (χ0) is 17.9. The molecule has 1 aliphatic carbocycles. The molecule has 0 radical (unpaired) electrons. The first-order valence-corrected chi connectivity index (χ1v) is 10.5. The SMILES string of the molecule is CN1CCN(C(=O)c2cccc(S(=O)(=O)NC3CCCCC3)c2)CC1. The number of sulfonamides is 1. The van der Waals surface area contributed by atoms with E-state index in [1.54, 1.807) is 23.1 Å². The van der Waals surface area contributed by atoms with Crippen LogP contribution in [-0.2, 0) is 10.0 Å². The minimum Gasteiger partial charge on any atom is -0.336 e. The molecule has 7 heteroatoms. The molecule has 138 valence electrons. The van der Waals surface area contributed by atoms with Crippen LogP contribution in [0.5, 0.6) is 0 Å². The molecule has 0 spiro atoms. The van der Waals surface area contributed by atoms with Crippen molar-refractivity contribution in [2.75, 3.05) is 33.2 Å². The summed E-state index contributed by atoms with van der Waals surface area (Å²) in [6.07, 6.45) is 5.08. The maximum absolute atomic E-state index is 12.7. The van der Waals surface area contributed by atoms with Crippen molar-refractivity contribution < 1.29 is 13.2 Å². The van der Waals surface area contributed by atoms with Gasteiger partial charge in [0.25, 0.3) is 5.91 Å². The molecule has 1 aromatic rings. The number of piperazine rings is 1. The van der Waals surface area contributed by atoms with E-state index in [0.29, 0.717) is 18.7 Å². The zero-order valence-corrected chi connectivity index (χ0v) is 15.6. The van der Waals surface area contributed by atoms with E-state index in [0.717, 1.165) is 38.8 Å². The Balaban J connectivity index is 1.72. The van der Waals surface area contributed by atoms with Gasteiger partial charge in [-0.15, -0.1) is 0 Å². The highest BCUT2D eigenvalue weighted by Gasteiger charge is 2.24. The summed E-state index contributed by atoms with van der Waals surface area (Å²) in [7, 11) is -1.55. The highest BCUT2D eigenvalue weighted by atomic mass is 32.2. The molecule has 1 aliphatic heterocycles. The molecule has 25 heavy (non-hydrogen) atoms. The fourth-order valence-electron chi connectivity index (χ4n) is 3.50. The van der Waals surface area contributed by atoms with Gasteiger partial charge in [-0.1, -0.05) is 25.3 Å². The standard InChI is InChI=1S/C18H27N3O3S/c1-20-10-12-21(13-11-20)18(22)15-6-5-9-17(14-15)25(23,24)19-16-7-3-2-4-8-16/h5-6,9,14,16,19H,2-4,7-8,10-13H2,1H3. The number of likely N-dealkylation sites (N-methyl/N-ethyl adjacent to an activating group) is 1. The number of nitrogens with zero attached hydrogens (tertiary/aromatic N) is 2. The van der Waals surface area contributed by atoms with E-state index in [2.05, 4.69) is 9.62 Å². The number of hydrogen-bond acceptors (Lipinski definition) is 4. The summed E-state index contributed by atoms with van der Waals surface area (Å²) >= 11 is 0. The third-order valence-electron chi connectivity index (χ3n) is 5.11. The van der Waals surface area contributed by atoms with Gasteiger partial charge in [-0.05, 0) is 38.1 Å². The second-order valence-electron chi connectivity index (χ2n) is 7.08. The van der Waals surface area contributed by atoms with E-state index in [1.807, 2.05) is 7.05 Å². The van der Waals surface area contributed by atoms with Crippen LogP contribution in [0.1, 0.15) is 42.5 Å². The summed E-state index contributed by atoms with van der Waals surface area (Å²) in [5, 5.41) is 0. The lowest BCUT2D eigenvalue weighted by Crippen LogP contribution is -2.47. The van der Waals surface area contributed by atoms with E-state index in [9.17, 15) is 13.2 Å². The molecule has 2 fully saturated rings. The third-order valence-corrected chi connectivity index (χ3v) is 6.63. The largest absolute Gasteiger partial charge is 0.336 e. The van der Waals surface area contributed by atoms with Gasteiger partial charge >= 0.3 is 0 Å². The van der Waals surface area contributed by atoms with Crippen LogP contribution in [-0.4, -0.2) is 63.4 Å². The second kappa shape index (κ2) is 7.85. The normalized spacial score (nSPS) is 20.6. The maximum atomic E-state index is 12.7. The molecule has 0 bridgehead atoms. The van der Waals surface area contributed by atoms with Crippen molar-refractivity contribution in [3.8, 4) is 0 Å². The molecular formula is C18H27N3O3S. The van der Waals surface area contributed by atoms with E-state index in [-0.39, 0.29) is 16.8 Å². The Hall–Kier alpha value is -1.44. The molecule has 1 saturated carbocycles. The summed E-state index contributed by atoms with van der Waals surface area (Å²) < 4.78 is 28.1. The van der Waals surface area contributed by atoms with Gasteiger partial charge in [0.05, 0.1) is 4.90 Å². The molecule has 2 aliphatic rings. The third kappa shape index (κ3) is 4.59. The molecule has 1 saturated heterocycles. The first-order chi connectivity index (χ1) is 12.0. The van der Waals surface area contributed by atoms with Crippen LogP contribution in [0.4, 0.5) is 0 Å². The van der Waals surface area contributed by atoms with Crippen molar-refractivity contribution in [3.05, 3.63) is 29.8 Å². The molecule has 6 nitrogen and oxygen atoms in total. The minimum absolute atomic E-state index is 0.00994. The molecule has 1 amide bonds. The lowest BCUT2D eigenvalue weighted by atomic mass is 9.96. The Bertz CT molecular complexity index is 706. The van der Waals surface area contributed by atoms with Crippen LogP contribution < -0.4 is 4.72 Å². The van der Waals surface area contributed by atoms with Crippen molar-refractivity contribution in [2.45, 2.75) is 43.0 Å². The van der Waals surface area contributed by atoms with E-state index in [1.165, 1.54) is 12.5 Å². The van der Waals surface area contributed by atoms with Gasteiger partial charge in [-0.2, -0.15) is 0 Å². The molecule has 1 heterocycles. The van der Waals surface area contributed by atoms with Crippen molar-refractivity contribution in [1.29, 1.82) is 0 Å². The van der Waals surface area contributed by atoms with Crippen molar-refractivity contribution in [2.24, 2.45) is 0 Å². The number of carbonyl (C=O) groups excluding carboxylic acids is 1. The fourth-order valence-corrected chi connectivity index (χ4v) is 4.85. The second-order valence-corrected chi connectivity index (χ2v) is 8.79.